The number of aryl methyl sites for hydroxylation is 1. The Morgan fingerprint density at radius 2 is 1.73 bits per heavy atom. The van der Waals surface area contributed by atoms with Gasteiger partial charge in [0.1, 0.15) is 17.6 Å². The SMILES string of the molecule is COc1ccc(-c2cncc(C#N)c2Nc2ccc(C)cc2)c(OC)c1. The van der Waals surface area contributed by atoms with Crippen LogP contribution < -0.4 is 14.8 Å². The minimum absolute atomic E-state index is 0.459. The van der Waals surface area contributed by atoms with Crippen LogP contribution in [0.3, 0.4) is 0 Å². The van der Waals surface area contributed by atoms with Gasteiger partial charge in [0.25, 0.3) is 0 Å². The van der Waals surface area contributed by atoms with Crippen LogP contribution in [0.5, 0.6) is 11.5 Å². The van der Waals surface area contributed by atoms with Gasteiger partial charge in [-0.2, -0.15) is 5.26 Å². The maximum Gasteiger partial charge on any atom is 0.130 e. The van der Waals surface area contributed by atoms with Crippen molar-refractivity contribution in [1.29, 1.82) is 5.26 Å². The van der Waals surface area contributed by atoms with Crippen molar-refractivity contribution in [3.63, 3.8) is 0 Å². The predicted molar refractivity (Wildman–Crippen MR) is 102 cm³/mol. The summed E-state index contributed by atoms with van der Waals surface area (Å²) < 4.78 is 10.8. The molecule has 3 rings (SSSR count). The highest BCUT2D eigenvalue weighted by atomic mass is 16.5. The number of aromatic nitrogens is 1. The van der Waals surface area contributed by atoms with Gasteiger partial charge in [-0.1, -0.05) is 17.7 Å². The first kappa shape index (κ1) is 17.3. The topological polar surface area (TPSA) is 67.2 Å². The standard InChI is InChI=1S/C21H19N3O2/c1-14-4-6-16(7-5-14)24-21-15(11-22)12-23-13-19(21)18-9-8-17(25-2)10-20(18)26-3/h4-10,12-13H,1-3H3,(H,23,24). The molecule has 0 saturated heterocycles. The Morgan fingerprint density at radius 3 is 2.38 bits per heavy atom. The van der Waals surface area contributed by atoms with Crippen molar-refractivity contribution >= 4 is 11.4 Å². The summed E-state index contributed by atoms with van der Waals surface area (Å²) in [6, 6.07) is 15.8. The van der Waals surface area contributed by atoms with E-state index in [1.54, 1.807) is 26.6 Å². The molecule has 1 N–H and O–H groups in total. The Labute approximate surface area is 152 Å². The third-order valence-electron chi connectivity index (χ3n) is 4.09. The van der Waals surface area contributed by atoms with Crippen molar-refractivity contribution in [3.05, 3.63) is 66.0 Å². The minimum Gasteiger partial charge on any atom is -0.497 e. The van der Waals surface area contributed by atoms with Crippen LogP contribution >= 0.6 is 0 Å². The fraction of sp³-hybridized carbons (Fsp3) is 0.143. The second kappa shape index (κ2) is 7.58. The monoisotopic (exact) mass is 345 g/mol. The fourth-order valence-electron chi connectivity index (χ4n) is 2.69. The van der Waals surface area contributed by atoms with E-state index in [-0.39, 0.29) is 0 Å². The maximum absolute atomic E-state index is 9.54. The van der Waals surface area contributed by atoms with E-state index in [4.69, 9.17) is 9.47 Å². The highest BCUT2D eigenvalue weighted by Crippen LogP contribution is 2.39. The predicted octanol–water partition coefficient (Wildman–Crippen LogP) is 4.69. The number of anilines is 2. The molecule has 1 aromatic heterocycles. The first-order valence-electron chi connectivity index (χ1n) is 8.10. The molecule has 0 aliphatic carbocycles. The third-order valence-corrected chi connectivity index (χ3v) is 4.09. The van der Waals surface area contributed by atoms with Crippen LogP contribution in [0.1, 0.15) is 11.1 Å². The molecule has 0 fully saturated rings. The summed E-state index contributed by atoms with van der Waals surface area (Å²) in [6.07, 6.45) is 3.28. The molecule has 5 heteroatoms. The molecule has 130 valence electrons. The number of ether oxygens (including phenoxy) is 2. The second-order valence-corrected chi connectivity index (χ2v) is 5.78. The smallest absolute Gasteiger partial charge is 0.130 e. The van der Waals surface area contributed by atoms with E-state index < -0.39 is 0 Å². The van der Waals surface area contributed by atoms with E-state index in [0.29, 0.717) is 22.7 Å². The van der Waals surface area contributed by atoms with Crippen LogP contribution in [0.15, 0.2) is 54.9 Å². The quantitative estimate of drug-likeness (QED) is 0.726. The largest absolute Gasteiger partial charge is 0.497 e. The minimum atomic E-state index is 0.459. The van der Waals surface area contributed by atoms with Gasteiger partial charge in [-0.15, -0.1) is 0 Å². The average molecular weight is 345 g/mol. The molecule has 0 spiro atoms. The summed E-state index contributed by atoms with van der Waals surface area (Å²) >= 11 is 0. The lowest BCUT2D eigenvalue weighted by Crippen LogP contribution is -1.99. The van der Waals surface area contributed by atoms with Crippen LogP contribution in [0.2, 0.25) is 0 Å². The first-order chi connectivity index (χ1) is 12.7. The number of benzene rings is 2. The van der Waals surface area contributed by atoms with Crippen LogP contribution in [0.25, 0.3) is 11.1 Å². The van der Waals surface area contributed by atoms with Crippen LogP contribution in [0.4, 0.5) is 11.4 Å². The molecule has 0 unspecified atom stereocenters. The van der Waals surface area contributed by atoms with Crippen molar-refractivity contribution in [2.24, 2.45) is 0 Å². The van der Waals surface area contributed by atoms with Crippen LogP contribution in [-0.4, -0.2) is 19.2 Å². The highest BCUT2D eigenvalue weighted by molar-refractivity contribution is 5.87. The molecule has 0 atom stereocenters. The molecule has 2 aromatic carbocycles. The average Bonchev–Trinajstić information content (AvgIpc) is 2.69. The zero-order valence-electron chi connectivity index (χ0n) is 14.9. The molecular weight excluding hydrogens is 326 g/mol. The van der Waals surface area contributed by atoms with Crippen molar-refractivity contribution in [2.45, 2.75) is 6.92 Å². The summed E-state index contributed by atoms with van der Waals surface area (Å²) in [6.45, 7) is 2.03. The first-order valence-corrected chi connectivity index (χ1v) is 8.10. The molecule has 3 aromatic rings. The normalized spacial score (nSPS) is 10.1. The van der Waals surface area contributed by atoms with Gasteiger partial charge in [0, 0.05) is 35.3 Å². The van der Waals surface area contributed by atoms with Gasteiger partial charge in [-0.25, -0.2) is 0 Å². The highest BCUT2D eigenvalue weighted by Gasteiger charge is 2.16. The summed E-state index contributed by atoms with van der Waals surface area (Å²) in [5.41, 5.74) is 4.82. The van der Waals surface area contributed by atoms with Gasteiger partial charge < -0.3 is 14.8 Å². The fourth-order valence-corrected chi connectivity index (χ4v) is 2.69. The molecule has 26 heavy (non-hydrogen) atoms. The lowest BCUT2D eigenvalue weighted by molar-refractivity contribution is 0.395. The maximum atomic E-state index is 9.54. The Morgan fingerprint density at radius 1 is 0.962 bits per heavy atom. The Bertz CT molecular complexity index is 960. The van der Waals surface area contributed by atoms with Crippen LogP contribution in [-0.2, 0) is 0 Å². The van der Waals surface area contributed by atoms with Gasteiger partial charge >= 0.3 is 0 Å². The molecule has 0 saturated carbocycles. The van der Waals surface area contributed by atoms with E-state index in [1.807, 2.05) is 49.4 Å². The number of nitriles is 1. The molecule has 0 radical (unpaired) electrons. The second-order valence-electron chi connectivity index (χ2n) is 5.78. The van der Waals surface area contributed by atoms with Crippen molar-refractivity contribution in [1.82, 2.24) is 4.98 Å². The zero-order chi connectivity index (χ0) is 18.5. The molecule has 0 amide bonds. The summed E-state index contributed by atoms with van der Waals surface area (Å²) in [4.78, 5) is 4.22. The summed E-state index contributed by atoms with van der Waals surface area (Å²) in [5, 5.41) is 12.9. The van der Waals surface area contributed by atoms with E-state index in [0.717, 1.165) is 16.8 Å². The molecule has 5 nitrogen and oxygen atoms in total. The number of rotatable bonds is 5. The lowest BCUT2D eigenvalue weighted by Gasteiger charge is -2.16. The van der Waals surface area contributed by atoms with Crippen LogP contribution in [0, 0.1) is 18.3 Å². The molecular formula is C21H19N3O2. The third kappa shape index (κ3) is 3.45. The zero-order valence-corrected chi connectivity index (χ0v) is 14.9. The van der Waals surface area contributed by atoms with Crippen molar-refractivity contribution in [3.8, 4) is 28.7 Å². The molecule has 0 bridgehead atoms. The Hall–Kier alpha value is -3.52. The Balaban J connectivity index is 2.14. The van der Waals surface area contributed by atoms with Gasteiger partial charge in [0.05, 0.1) is 25.5 Å². The van der Waals surface area contributed by atoms with Gasteiger partial charge in [0.2, 0.25) is 0 Å². The number of hydrogen-bond donors (Lipinski definition) is 1. The number of nitrogens with zero attached hydrogens (tertiary/aromatic N) is 2. The van der Waals surface area contributed by atoms with Crippen molar-refractivity contribution < 1.29 is 9.47 Å². The molecule has 1 heterocycles. The summed E-state index contributed by atoms with van der Waals surface area (Å²) in [7, 11) is 3.21. The lowest BCUT2D eigenvalue weighted by atomic mass is 10.0. The number of methoxy groups -OCH3 is 2. The van der Waals surface area contributed by atoms with E-state index in [9.17, 15) is 5.26 Å². The molecule has 0 aliphatic heterocycles. The number of pyridine rings is 1. The van der Waals surface area contributed by atoms with Gasteiger partial charge in [-0.05, 0) is 31.2 Å². The van der Waals surface area contributed by atoms with E-state index in [2.05, 4.69) is 16.4 Å². The molecule has 0 aliphatic rings. The number of nitrogens with one attached hydrogen (secondary N) is 1. The van der Waals surface area contributed by atoms with Gasteiger partial charge in [-0.3, -0.25) is 4.98 Å². The van der Waals surface area contributed by atoms with E-state index in [1.165, 1.54) is 5.56 Å². The summed E-state index contributed by atoms with van der Waals surface area (Å²) in [5.74, 6) is 1.34. The van der Waals surface area contributed by atoms with E-state index >= 15 is 0 Å². The van der Waals surface area contributed by atoms with Gasteiger partial charge in [0.15, 0.2) is 0 Å². The Kier molecular flexibility index (Phi) is 5.04. The number of hydrogen-bond acceptors (Lipinski definition) is 5. The van der Waals surface area contributed by atoms with Crippen molar-refractivity contribution in [2.75, 3.05) is 19.5 Å².